The fraction of sp³-hybridized carbons (Fsp3) is 0. The molecule has 126 valence electrons. The van der Waals surface area contributed by atoms with Crippen LogP contribution in [-0.2, 0) is 0 Å². The Morgan fingerprint density at radius 1 is 0.417 bits per heavy atom. The Kier molecular flexibility index (Phi) is 9.46. The van der Waals surface area contributed by atoms with Crippen LogP contribution in [0.2, 0.25) is 0 Å². The van der Waals surface area contributed by atoms with Gasteiger partial charge >= 0.3 is 8.60 Å². The summed E-state index contributed by atoms with van der Waals surface area (Å²) in [4.78, 5) is 0. The Balaban J connectivity index is 0.00000144. The first-order valence-corrected chi connectivity index (χ1v) is 7.99. The van der Waals surface area contributed by atoms with Crippen LogP contribution in [0.25, 0.3) is 0 Å². The lowest BCUT2D eigenvalue weighted by Gasteiger charge is -2.17. The first-order valence-electron chi connectivity index (χ1n) is 6.89. The van der Waals surface area contributed by atoms with Gasteiger partial charge < -0.3 is 47.5 Å². The van der Waals surface area contributed by atoms with Crippen LogP contribution in [-0.4, -0.2) is 0 Å². The largest absolute Gasteiger partial charge is 1.00 e. The molecule has 0 aliphatic heterocycles. The standard InChI is InChI=1S/C18H15O3P.2BrH/c1-4-10-16(11-5-1)19-22(20-17-12-6-2-7-13-17)21-18-14-8-3-9-15-18;;/h1-15H;2*1H/p-2. The Morgan fingerprint density at radius 2 is 0.667 bits per heavy atom. The van der Waals surface area contributed by atoms with Crippen LogP contribution in [0.15, 0.2) is 91.0 Å². The summed E-state index contributed by atoms with van der Waals surface area (Å²) >= 11 is 0. The smallest absolute Gasteiger partial charge is 0.530 e. The number of hydrogen-bond acceptors (Lipinski definition) is 3. The molecule has 6 heteroatoms. The van der Waals surface area contributed by atoms with Crippen LogP contribution in [0.4, 0.5) is 0 Å². The quantitative estimate of drug-likeness (QED) is 0.454. The molecule has 0 N–H and O–H groups in total. The highest BCUT2D eigenvalue weighted by Crippen LogP contribution is 2.41. The van der Waals surface area contributed by atoms with Crippen molar-refractivity contribution < 1.29 is 47.5 Å². The second-order valence-electron chi connectivity index (χ2n) is 4.44. The third-order valence-corrected chi connectivity index (χ3v) is 3.85. The van der Waals surface area contributed by atoms with Gasteiger partial charge in [-0.05, 0) is 36.4 Å². The van der Waals surface area contributed by atoms with Crippen molar-refractivity contribution in [2.75, 3.05) is 0 Å². The van der Waals surface area contributed by atoms with Crippen molar-refractivity contribution >= 4 is 8.60 Å². The highest BCUT2D eigenvalue weighted by Gasteiger charge is 2.19. The average Bonchev–Trinajstić information content (AvgIpc) is 2.57. The van der Waals surface area contributed by atoms with Gasteiger partial charge in [0.25, 0.3) is 0 Å². The van der Waals surface area contributed by atoms with E-state index in [1.54, 1.807) is 0 Å². The van der Waals surface area contributed by atoms with Crippen molar-refractivity contribution in [3.8, 4) is 17.2 Å². The first-order chi connectivity index (χ1) is 10.9. The molecule has 0 radical (unpaired) electrons. The Labute approximate surface area is 164 Å². The van der Waals surface area contributed by atoms with E-state index in [1.807, 2.05) is 91.0 Å². The maximum atomic E-state index is 5.84. The molecule has 3 nitrogen and oxygen atoms in total. The Hall–Kier alpha value is -1.55. The second kappa shape index (κ2) is 11.1. The molecular weight excluding hydrogens is 455 g/mol. The normalized spacial score (nSPS) is 9.38. The summed E-state index contributed by atoms with van der Waals surface area (Å²) < 4.78 is 17.5. The van der Waals surface area contributed by atoms with E-state index in [2.05, 4.69) is 0 Å². The highest BCUT2D eigenvalue weighted by atomic mass is 79.9. The Bertz CT molecular complexity index is 586. The molecule has 0 heterocycles. The molecule has 0 aliphatic carbocycles. The molecule has 0 atom stereocenters. The maximum Gasteiger partial charge on any atom is 0.530 e. The van der Waals surface area contributed by atoms with E-state index in [9.17, 15) is 0 Å². The monoisotopic (exact) mass is 468 g/mol. The molecule has 0 spiro atoms. The van der Waals surface area contributed by atoms with Crippen LogP contribution in [0.3, 0.4) is 0 Å². The van der Waals surface area contributed by atoms with Crippen LogP contribution in [0, 0.1) is 0 Å². The molecule has 0 bridgehead atoms. The van der Waals surface area contributed by atoms with Gasteiger partial charge in [0.05, 0.1) is 0 Å². The van der Waals surface area contributed by atoms with E-state index in [4.69, 9.17) is 13.6 Å². The van der Waals surface area contributed by atoms with Gasteiger partial charge in [-0.3, -0.25) is 0 Å². The summed E-state index contributed by atoms with van der Waals surface area (Å²) in [6.07, 6.45) is 0. The molecule has 3 aromatic carbocycles. The van der Waals surface area contributed by atoms with Gasteiger partial charge in [0, 0.05) is 0 Å². The fourth-order valence-corrected chi connectivity index (χ4v) is 2.75. The number of rotatable bonds is 6. The van der Waals surface area contributed by atoms with Gasteiger partial charge in [-0.15, -0.1) is 0 Å². The van der Waals surface area contributed by atoms with Crippen molar-refractivity contribution in [1.29, 1.82) is 0 Å². The third-order valence-electron chi connectivity index (χ3n) is 2.77. The van der Waals surface area contributed by atoms with Crippen molar-refractivity contribution in [3.63, 3.8) is 0 Å². The maximum absolute atomic E-state index is 5.84. The zero-order valence-corrected chi connectivity index (χ0v) is 16.7. The van der Waals surface area contributed by atoms with Gasteiger partial charge in [0.2, 0.25) is 0 Å². The van der Waals surface area contributed by atoms with Crippen LogP contribution < -0.4 is 47.5 Å². The molecule has 0 aliphatic rings. The van der Waals surface area contributed by atoms with Crippen LogP contribution >= 0.6 is 8.60 Å². The van der Waals surface area contributed by atoms with Crippen molar-refractivity contribution in [2.24, 2.45) is 0 Å². The van der Waals surface area contributed by atoms with E-state index in [0.29, 0.717) is 17.2 Å². The van der Waals surface area contributed by atoms with E-state index in [-0.39, 0.29) is 34.0 Å². The molecule has 0 saturated carbocycles. The van der Waals surface area contributed by atoms with E-state index < -0.39 is 8.60 Å². The lowest BCUT2D eigenvalue weighted by molar-refractivity contribution is -0.00100. The number of hydrogen-bond donors (Lipinski definition) is 0. The third kappa shape index (κ3) is 6.52. The van der Waals surface area contributed by atoms with Crippen LogP contribution in [0.1, 0.15) is 0 Å². The van der Waals surface area contributed by atoms with Crippen molar-refractivity contribution in [2.45, 2.75) is 0 Å². The summed E-state index contributed by atoms with van der Waals surface area (Å²) in [6, 6.07) is 28.5. The summed E-state index contributed by atoms with van der Waals surface area (Å²) in [5.41, 5.74) is 0. The lowest BCUT2D eigenvalue weighted by Crippen LogP contribution is -3.00. The summed E-state index contributed by atoms with van der Waals surface area (Å²) in [5.74, 6) is 2.13. The predicted molar refractivity (Wildman–Crippen MR) is 88.1 cm³/mol. The predicted octanol–water partition coefficient (Wildman–Crippen LogP) is -0.542. The van der Waals surface area contributed by atoms with E-state index in [0.717, 1.165) is 0 Å². The lowest BCUT2D eigenvalue weighted by atomic mass is 10.3. The van der Waals surface area contributed by atoms with Gasteiger partial charge in [-0.2, -0.15) is 0 Å². The molecular formula is C18H15Br2O3P-2. The second-order valence-corrected chi connectivity index (χ2v) is 5.43. The molecule has 0 saturated heterocycles. The molecule has 0 unspecified atom stereocenters. The summed E-state index contributed by atoms with van der Waals surface area (Å²) in [5, 5.41) is 0. The van der Waals surface area contributed by atoms with E-state index in [1.165, 1.54) is 0 Å². The number of benzene rings is 3. The first kappa shape index (κ1) is 20.5. The minimum Gasteiger partial charge on any atom is -1.00 e. The topological polar surface area (TPSA) is 27.7 Å². The Morgan fingerprint density at radius 3 is 0.917 bits per heavy atom. The molecule has 0 fully saturated rings. The molecule has 3 rings (SSSR count). The van der Waals surface area contributed by atoms with Gasteiger partial charge in [-0.25, -0.2) is 0 Å². The molecule has 24 heavy (non-hydrogen) atoms. The number of halogens is 2. The van der Waals surface area contributed by atoms with Crippen molar-refractivity contribution in [1.82, 2.24) is 0 Å². The summed E-state index contributed by atoms with van der Waals surface area (Å²) in [6.45, 7) is 0. The molecule has 0 aromatic heterocycles. The zero-order valence-electron chi connectivity index (χ0n) is 12.6. The SMILES string of the molecule is [Br-].[Br-].c1ccc(OP(Oc2ccccc2)Oc2ccccc2)cc1. The molecule has 3 aromatic rings. The average molecular weight is 470 g/mol. The fourth-order valence-electron chi connectivity index (χ4n) is 1.76. The summed E-state index contributed by atoms with van der Waals surface area (Å²) in [7, 11) is -1.59. The number of para-hydroxylation sites is 3. The van der Waals surface area contributed by atoms with Gasteiger partial charge in [0.15, 0.2) is 0 Å². The minimum absolute atomic E-state index is 0. The van der Waals surface area contributed by atoms with Crippen molar-refractivity contribution in [3.05, 3.63) is 91.0 Å². The van der Waals surface area contributed by atoms with Crippen LogP contribution in [0.5, 0.6) is 17.2 Å². The van der Waals surface area contributed by atoms with Gasteiger partial charge in [0.1, 0.15) is 17.2 Å². The minimum atomic E-state index is -1.59. The van der Waals surface area contributed by atoms with E-state index >= 15 is 0 Å². The zero-order chi connectivity index (χ0) is 15.0. The highest BCUT2D eigenvalue weighted by molar-refractivity contribution is 7.43. The van der Waals surface area contributed by atoms with Gasteiger partial charge in [-0.1, -0.05) is 54.6 Å². The molecule has 0 amide bonds.